The van der Waals surface area contributed by atoms with Crippen molar-refractivity contribution in [3.05, 3.63) is 81.8 Å². The van der Waals surface area contributed by atoms with Crippen molar-refractivity contribution < 1.29 is 14.0 Å². The van der Waals surface area contributed by atoms with E-state index in [-0.39, 0.29) is 17.6 Å². The third kappa shape index (κ3) is 4.10. The first-order valence-electron chi connectivity index (χ1n) is 7.55. The number of aryl methyl sites for hydroxylation is 1. The van der Waals surface area contributed by atoms with Gasteiger partial charge >= 0.3 is 0 Å². The van der Waals surface area contributed by atoms with Gasteiger partial charge in [-0.15, -0.1) is 11.3 Å². The molecule has 0 spiro atoms. The first-order valence-corrected chi connectivity index (χ1v) is 8.43. The minimum Gasteiger partial charge on any atom is -0.322 e. The van der Waals surface area contributed by atoms with Crippen molar-refractivity contribution in [1.29, 1.82) is 0 Å². The van der Waals surface area contributed by atoms with Crippen LogP contribution in [0.2, 0.25) is 0 Å². The molecule has 2 amide bonds. The normalized spacial score (nSPS) is 10.3. The monoisotopic (exact) mass is 354 g/mol. The first-order chi connectivity index (χ1) is 12.0. The molecule has 0 bridgehead atoms. The summed E-state index contributed by atoms with van der Waals surface area (Å²) in [5.41, 5.74) is 1.77. The minimum atomic E-state index is -0.380. The van der Waals surface area contributed by atoms with Crippen molar-refractivity contribution >= 4 is 34.5 Å². The van der Waals surface area contributed by atoms with Crippen molar-refractivity contribution in [2.24, 2.45) is 0 Å². The van der Waals surface area contributed by atoms with Gasteiger partial charge in [0.05, 0.1) is 4.88 Å². The third-order valence-corrected chi connectivity index (χ3v) is 4.43. The van der Waals surface area contributed by atoms with Crippen LogP contribution < -0.4 is 10.6 Å². The van der Waals surface area contributed by atoms with Gasteiger partial charge in [-0.05, 0) is 54.3 Å². The number of nitrogens with one attached hydrogen (secondary N) is 2. The fourth-order valence-corrected chi connectivity index (χ4v) is 2.83. The Hall–Kier alpha value is -2.99. The van der Waals surface area contributed by atoms with Crippen LogP contribution in [0.3, 0.4) is 0 Å². The Kier molecular flexibility index (Phi) is 4.90. The molecule has 0 saturated heterocycles. The van der Waals surface area contributed by atoms with Crippen molar-refractivity contribution in [2.45, 2.75) is 6.92 Å². The maximum atomic E-state index is 13.6. The zero-order chi connectivity index (χ0) is 17.8. The number of amides is 2. The summed E-state index contributed by atoms with van der Waals surface area (Å²) in [4.78, 5) is 25.0. The first kappa shape index (κ1) is 16.9. The summed E-state index contributed by atoms with van der Waals surface area (Å²) in [7, 11) is 0. The molecule has 2 N–H and O–H groups in total. The zero-order valence-electron chi connectivity index (χ0n) is 13.4. The number of hydrogen-bond acceptors (Lipinski definition) is 3. The molecule has 2 aromatic carbocycles. The minimum absolute atomic E-state index is 0.229. The molecule has 0 atom stereocenters. The fraction of sp³-hybridized carbons (Fsp3) is 0.0526. The lowest BCUT2D eigenvalue weighted by atomic mass is 10.1. The topological polar surface area (TPSA) is 58.2 Å². The van der Waals surface area contributed by atoms with Gasteiger partial charge in [-0.3, -0.25) is 9.59 Å². The number of hydrogen-bond donors (Lipinski definition) is 2. The number of thiophene rings is 1. The van der Waals surface area contributed by atoms with E-state index in [1.165, 1.54) is 17.4 Å². The molecule has 4 nitrogen and oxygen atoms in total. The molecule has 0 radical (unpaired) electrons. The summed E-state index contributed by atoms with van der Waals surface area (Å²) in [6.45, 7) is 1.65. The summed E-state index contributed by atoms with van der Waals surface area (Å²) in [6.07, 6.45) is 0. The SMILES string of the molecule is Cc1ccc(NC(=O)c2cccc(NC(=O)c3cccs3)c2)cc1F. The molecule has 0 fully saturated rings. The van der Waals surface area contributed by atoms with Gasteiger partial charge in [0.25, 0.3) is 11.8 Å². The van der Waals surface area contributed by atoms with Crippen LogP contribution in [0.4, 0.5) is 15.8 Å². The molecule has 1 aromatic heterocycles. The Morgan fingerprint density at radius 1 is 0.920 bits per heavy atom. The zero-order valence-corrected chi connectivity index (χ0v) is 14.2. The average molecular weight is 354 g/mol. The average Bonchev–Trinajstić information content (AvgIpc) is 3.13. The summed E-state index contributed by atoms with van der Waals surface area (Å²) >= 11 is 1.34. The van der Waals surface area contributed by atoms with Crippen LogP contribution in [0.5, 0.6) is 0 Å². The largest absolute Gasteiger partial charge is 0.322 e. The van der Waals surface area contributed by atoms with Crippen LogP contribution in [0, 0.1) is 12.7 Å². The van der Waals surface area contributed by atoms with Crippen molar-refractivity contribution in [3.8, 4) is 0 Å². The molecule has 0 aliphatic heterocycles. The number of carbonyl (C=O) groups excluding carboxylic acids is 2. The molecule has 6 heteroatoms. The van der Waals surface area contributed by atoms with E-state index < -0.39 is 0 Å². The molecule has 0 aliphatic rings. The molecule has 1 heterocycles. The Labute approximate surface area is 148 Å². The van der Waals surface area contributed by atoms with Gasteiger partial charge in [0, 0.05) is 16.9 Å². The van der Waals surface area contributed by atoms with Gasteiger partial charge in [-0.1, -0.05) is 18.2 Å². The number of carbonyl (C=O) groups is 2. The summed E-state index contributed by atoms with van der Waals surface area (Å²) in [5.74, 6) is -0.988. The lowest BCUT2D eigenvalue weighted by Crippen LogP contribution is -2.14. The smallest absolute Gasteiger partial charge is 0.265 e. The Morgan fingerprint density at radius 2 is 1.68 bits per heavy atom. The van der Waals surface area contributed by atoms with Gasteiger partial charge in [-0.2, -0.15) is 0 Å². The van der Waals surface area contributed by atoms with Gasteiger partial charge in [0.1, 0.15) is 5.82 Å². The van der Waals surface area contributed by atoms with Crippen LogP contribution in [-0.2, 0) is 0 Å². The number of anilines is 2. The van der Waals surface area contributed by atoms with E-state index in [1.54, 1.807) is 55.5 Å². The van der Waals surface area contributed by atoms with E-state index in [0.29, 0.717) is 27.4 Å². The summed E-state index contributed by atoms with van der Waals surface area (Å²) in [5, 5.41) is 7.22. The quantitative estimate of drug-likeness (QED) is 0.713. The highest BCUT2D eigenvalue weighted by molar-refractivity contribution is 7.12. The second-order valence-corrected chi connectivity index (χ2v) is 6.38. The standard InChI is InChI=1S/C19H15FN2O2S/c1-12-7-8-15(11-16(12)20)21-18(23)13-4-2-5-14(10-13)22-19(24)17-6-3-9-25-17/h2-11H,1H3,(H,21,23)(H,22,24). The van der Waals surface area contributed by atoms with Crippen LogP contribution >= 0.6 is 11.3 Å². The number of halogens is 1. The molecule has 25 heavy (non-hydrogen) atoms. The highest BCUT2D eigenvalue weighted by atomic mass is 32.1. The Balaban J connectivity index is 1.73. The molecular weight excluding hydrogens is 339 g/mol. The van der Waals surface area contributed by atoms with Crippen LogP contribution in [0.15, 0.2) is 60.0 Å². The van der Waals surface area contributed by atoms with Crippen LogP contribution in [0.25, 0.3) is 0 Å². The predicted octanol–water partition coefficient (Wildman–Crippen LogP) is 4.70. The summed E-state index contributed by atoms with van der Waals surface area (Å²) in [6, 6.07) is 14.6. The molecule has 3 rings (SSSR count). The molecule has 0 aliphatic carbocycles. The highest BCUT2D eigenvalue weighted by Gasteiger charge is 2.11. The number of benzene rings is 2. The van der Waals surface area contributed by atoms with Gasteiger partial charge < -0.3 is 10.6 Å². The van der Waals surface area contributed by atoms with Crippen molar-refractivity contribution in [3.63, 3.8) is 0 Å². The molecule has 0 unspecified atom stereocenters. The van der Waals surface area contributed by atoms with Gasteiger partial charge in [0.2, 0.25) is 0 Å². The molecule has 3 aromatic rings. The highest BCUT2D eigenvalue weighted by Crippen LogP contribution is 2.18. The molecule has 126 valence electrons. The maximum absolute atomic E-state index is 13.6. The number of rotatable bonds is 4. The van der Waals surface area contributed by atoms with Crippen molar-refractivity contribution in [2.75, 3.05) is 10.6 Å². The third-order valence-electron chi connectivity index (χ3n) is 3.56. The lowest BCUT2D eigenvalue weighted by Gasteiger charge is -2.08. The van der Waals surface area contributed by atoms with E-state index in [1.807, 2.05) is 5.38 Å². The van der Waals surface area contributed by atoms with Gasteiger partial charge in [0.15, 0.2) is 0 Å². The summed E-state index contributed by atoms with van der Waals surface area (Å²) < 4.78 is 13.6. The van der Waals surface area contributed by atoms with E-state index >= 15 is 0 Å². The van der Waals surface area contributed by atoms with Crippen LogP contribution in [-0.4, -0.2) is 11.8 Å². The van der Waals surface area contributed by atoms with E-state index in [4.69, 9.17) is 0 Å². The van der Waals surface area contributed by atoms with E-state index in [9.17, 15) is 14.0 Å². The lowest BCUT2D eigenvalue weighted by molar-refractivity contribution is 0.101. The van der Waals surface area contributed by atoms with E-state index in [0.717, 1.165) is 0 Å². The van der Waals surface area contributed by atoms with Crippen LogP contribution in [0.1, 0.15) is 25.6 Å². The maximum Gasteiger partial charge on any atom is 0.265 e. The van der Waals surface area contributed by atoms with E-state index in [2.05, 4.69) is 10.6 Å². The van der Waals surface area contributed by atoms with Gasteiger partial charge in [-0.25, -0.2) is 4.39 Å². The van der Waals surface area contributed by atoms with Crippen molar-refractivity contribution in [1.82, 2.24) is 0 Å². The second kappa shape index (κ2) is 7.27. The Morgan fingerprint density at radius 3 is 2.40 bits per heavy atom. The Bertz CT molecular complexity index is 923. The fourth-order valence-electron chi connectivity index (χ4n) is 2.21. The predicted molar refractivity (Wildman–Crippen MR) is 97.8 cm³/mol. The molecule has 0 saturated carbocycles. The second-order valence-electron chi connectivity index (χ2n) is 5.43. The molecular formula is C19H15FN2O2S.